The number of carboxylic acid groups (broad SMARTS) is 1. The lowest BCUT2D eigenvalue weighted by Crippen LogP contribution is -2.42. The Kier molecular flexibility index (Phi) is 4.95. The van der Waals surface area contributed by atoms with Crippen LogP contribution >= 0.6 is 11.6 Å². The summed E-state index contributed by atoms with van der Waals surface area (Å²) in [4.78, 5) is 28.4. The second kappa shape index (κ2) is 7.32. The number of carbonyl (C=O) groups is 2. The van der Waals surface area contributed by atoms with E-state index in [1.54, 1.807) is 48.5 Å². The molecule has 0 radical (unpaired) electrons. The molecule has 5 nitrogen and oxygen atoms in total. The Morgan fingerprint density at radius 3 is 2.56 bits per heavy atom. The fraction of sp³-hybridized carbons (Fsp3) is 0.105. The van der Waals surface area contributed by atoms with Crippen molar-refractivity contribution in [3.8, 4) is 0 Å². The second-order valence-corrected chi connectivity index (χ2v) is 5.94. The molecule has 0 aliphatic heterocycles. The Bertz CT molecular complexity index is 937. The number of hydrogen-bond donors (Lipinski definition) is 2. The van der Waals surface area contributed by atoms with E-state index in [-0.39, 0.29) is 6.42 Å². The zero-order valence-electron chi connectivity index (χ0n) is 13.1. The number of para-hydroxylation sites is 1. The highest BCUT2D eigenvalue weighted by Crippen LogP contribution is 2.19. The van der Waals surface area contributed by atoms with Crippen LogP contribution in [0, 0.1) is 0 Å². The molecule has 0 spiro atoms. The monoisotopic (exact) mass is 354 g/mol. The summed E-state index contributed by atoms with van der Waals surface area (Å²) >= 11 is 6.09. The Balaban J connectivity index is 1.86. The van der Waals surface area contributed by atoms with Crippen molar-refractivity contribution in [2.75, 3.05) is 0 Å². The van der Waals surface area contributed by atoms with E-state index in [0.29, 0.717) is 27.1 Å². The third kappa shape index (κ3) is 3.78. The molecule has 0 aliphatic carbocycles. The molecule has 25 heavy (non-hydrogen) atoms. The lowest BCUT2D eigenvalue weighted by Gasteiger charge is -2.16. The summed E-state index contributed by atoms with van der Waals surface area (Å²) in [6, 6.07) is 14.7. The van der Waals surface area contributed by atoms with Gasteiger partial charge in [0.05, 0.1) is 11.1 Å². The highest BCUT2D eigenvalue weighted by molar-refractivity contribution is 6.31. The summed E-state index contributed by atoms with van der Waals surface area (Å²) in [5.74, 6) is -1.58. The van der Waals surface area contributed by atoms with E-state index in [1.807, 2.05) is 6.07 Å². The summed E-state index contributed by atoms with van der Waals surface area (Å²) in [5.41, 5.74) is 1.72. The number of nitrogens with zero attached hydrogens (tertiary/aromatic N) is 1. The van der Waals surface area contributed by atoms with Crippen molar-refractivity contribution in [2.45, 2.75) is 12.5 Å². The van der Waals surface area contributed by atoms with Crippen LogP contribution in [0.4, 0.5) is 0 Å². The molecule has 0 fully saturated rings. The van der Waals surface area contributed by atoms with Gasteiger partial charge in [-0.1, -0.05) is 48.0 Å². The molecular formula is C19H15ClN2O3. The molecule has 2 aromatic carbocycles. The van der Waals surface area contributed by atoms with Crippen molar-refractivity contribution in [3.63, 3.8) is 0 Å². The summed E-state index contributed by atoms with van der Waals surface area (Å²) in [5, 5.41) is 13.2. The van der Waals surface area contributed by atoms with Gasteiger partial charge in [-0.15, -0.1) is 0 Å². The third-order valence-electron chi connectivity index (χ3n) is 3.88. The zero-order chi connectivity index (χ0) is 17.8. The Hall–Kier alpha value is -2.92. The lowest BCUT2D eigenvalue weighted by atomic mass is 10.0. The van der Waals surface area contributed by atoms with Crippen LogP contribution in [-0.4, -0.2) is 28.0 Å². The molecule has 126 valence electrons. The van der Waals surface area contributed by atoms with Crippen molar-refractivity contribution in [1.82, 2.24) is 10.3 Å². The first-order valence-corrected chi connectivity index (χ1v) is 8.05. The van der Waals surface area contributed by atoms with Crippen LogP contribution in [0.1, 0.15) is 15.9 Å². The number of nitrogens with one attached hydrogen (secondary N) is 1. The van der Waals surface area contributed by atoms with Crippen LogP contribution in [-0.2, 0) is 11.2 Å². The van der Waals surface area contributed by atoms with Gasteiger partial charge in [0.25, 0.3) is 5.91 Å². The first kappa shape index (κ1) is 16.9. The van der Waals surface area contributed by atoms with Gasteiger partial charge in [0.2, 0.25) is 0 Å². The molecule has 1 aromatic heterocycles. The fourth-order valence-electron chi connectivity index (χ4n) is 2.61. The normalized spacial score (nSPS) is 11.9. The standard InChI is InChI=1S/C19H15ClN2O3/c20-15-7-3-1-5-12(15)11-17(19(24)25)22-18(23)14-9-10-21-16-8-4-2-6-13(14)16/h1-10,17H,11H2,(H,22,23)(H,24,25)/t17-/m0/s1. The predicted molar refractivity (Wildman–Crippen MR) is 95.8 cm³/mol. The molecule has 3 rings (SSSR count). The minimum atomic E-state index is -1.12. The van der Waals surface area contributed by atoms with Crippen LogP contribution in [0.3, 0.4) is 0 Å². The number of carbonyl (C=O) groups excluding carboxylic acids is 1. The van der Waals surface area contributed by atoms with E-state index in [4.69, 9.17) is 11.6 Å². The number of pyridine rings is 1. The zero-order valence-corrected chi connectivity index (χ0v) is 13.9. The van der Waals surface area contributed by atoms with Gasteiger partial charge in [0.1, 0.15) is 6.04 Å². The van der Waals surface area contributed by atoms with Crippen LogP contribution in [0.2, 0.25) is 5.02 Å². The van der Waals surface area contributed by atoms with Gasteiger partial charge < -0.3 is 10.4 Å². The van der Waals surface area contributed by atoms with Gasteiger partial charge in [-0.3, -0.25) is 9.78 Å². The highest BCUT2D eigenvalue weighted by atomic mass is 35.5. The lowest BCUT2D eigenvalue weighted by molar-refractivity contribution is -0.139. The Labute approximate surface area is 149 Å². The van der Waals surface area contributed by atoms with E-state index in [2.05, 4.69) is 10.3 Å². The maximum absolute atomic E-state index is 12.6. The Morgan fingerprint density at radius 2 is 1.80 bits per heavy atom. The Morgan fingerprint density at radius 1 is 1.08 bits per heavy atom. The third-order valence-corrected chi connectivity index (χ3v) is 4.25. The van der Waals surface area contributed by atoms with Crippen LogP contribution in [0.25, 0.3) is 10.9 Å². The minimum absolute atomic E-state index is 0.101. The van der Waals surface area contributed by atoms with Gasteiger partial charge in [-0.05, 0) is 23.8 Å². The van der Waals surface area contributed by atoms with Gasteiger partial charge in [-0.2, -0.15) is 0 Å². The number of amides is 1. The molecule has 1 amide bonds. The molecule has 0 saturated carbocycles. The van der Waals surface area contributed by atoms with Gasteiger partial charge in [0, 0.05) is 23.0 Å². The summed E-state index contributed by atoms with van der Waals surface area (Å²) < 4.78 is 0. The average Bonchev–Trinajstić information content (AvgIpc) is 2.62. The summed E-state index contributed by atoms with van der Waals surface area (Å²) in [6.07, 6.45) is 1.63. The first-order chi connectivity index (χ1) is 12.1. The molecule has 0 bridgehead atoms. The van der Waals surface area contributed by atoms with Crippen LogP contribution in [0.15, 0.2) is 60.8 Å². The summed E-state index contributed by atoms with van der Waals surface area (Å²) in [7, 11) is 0. The molecule has 0 saturated heterocycles. The molecular weight excluding hydrogens is 340 g/mol. The minimum Gasteiger partial charge on any atom is -0.480 e. The molecule has 1 atom stereocenters. The highest BCUT2D eigenvalue weighted by Gasteiger charge is 2.23. The van der Waals surface area contributed by atoms with E-state index >= 15 is 0 Å². The fourth-order valence-corrected chi connectivity index (χ4v) is 2.83. The molecule has 0 aliphatic rings. The van der Waals surface area contributed by atoms with Crippen molar-refractivity contribution in [1.29, 1.82) is 0 Å². The van der Waals surface area contributed by atoms with Crippen molar-refractivity contribution in [2.24, 2.45) is 0 Å². The van der Waals surface area contributed by atoms with E-state index in [1.165, 1.54) is 6.20 Å². The first-order valence-electron chi connectivity index (χ1n) is 7.67. The number of benzene rings is 2. The number of fused-ring (bicyclic) bond motifs is 1. The number of carboxylic acids is 1. The number of halogens is 1. The average molecular weight is 355 g/mol. The maximum atomic E-state index is 12.6. The predicted octanol–water partition coefficient (Wildman–Crippen LogP) is 3.31. The molecule has 2 N–H and O–H groups in total. The number of hydrogen-bond acceptors (Lipinski definition) is 3. The number of aromatic nitrogens is 1. The van der Waals surface area contributed by atoms with Gasteiger partial charge >= 0.3 is 5.97 Å². The number of rotatable bonds is 5. The van der Waals surface area contributed by atoms with Gasteiger partial charge in [-0.25, -0.2) is 4.79 Å². The van der Waals surface area contributed by atoms with Gasteiger partial charge in [0.15, 0.2) is 0 Å². The van der Waals surface area contributed by atoms with Crippen molar-refractivity contribution < 1.29 is 14.7 Å². The SMILES string of the molecule is O=C(N[C@@H](Cc1ccccc1Cl)C(=O)O)c1ccnc2ccccc12. The largest absolute Gasteiger partial charge is 0.480 e. The van der Waals surface area contributed by atoms with Crippen LogP contribution < -0.4 is 5.32 Å². The molecule has 1 heterocycles. The second-order valence-electron chi connectivity index (χ2n) is 5.54. The van der Waals surface area contributed by atoms with Crippen LogP contribution in [0.5, 0.6) is 0 Å². The topological polar surface area (TPSA) is 79.3 Å². The smallest absolute Gasteiger partial charge is 0.326 e. The molecule has 3 aromatic rings. The molecule has 0 unspecified atom stereocenters. The van der Waals surface area contributed by atoms with E-state index in [9.17, 15) is 14.7 Å². The van der Waals surface area contributed by atoms with Crippen molar-refractivity contribution in [3.05, 3.63) is 76.9 Å². The van der Waals surface area contributed by atoms with E-state index in [0.717, 1.165) is 0 Å². The summed E-state index contributed by atoms with van der Waals surface area (Å²) in [6.45, 7) is 0. The maximum Gasteiger partial charge on any atom is 0.326 e. The number of aliphatic carboxylic acids is 1. The van der Waals surface area contributed by atoms with E-state index < -0.39 is 17.9 Å². The van der Waals surface area contributed by atoms with Crippen molar-refractivity contribution >= 4 is 34.4 Å². The molecule has 6 heteroatoms. The quantitative estimate of drug-likeness (QED) is 0.736.